The first-order valence-corrected chi connectivity index (χ1v) is 11.4. The van der Waals surface area contributed by atoms with E-state index >= 15 is 0 Å². The molecule has 184 valence electrons. The number of hydrogen-bond donors (Lipinski definition) is 2. The number of non-ortho nitro benzene ring substituents is 1. The van der Waals surface area contributed by atoms with Gasteiger partial charge in [-0.2, -0.15) is 0 Å². The summed E-state index contributed by atoms with van der Waals surface area (Å²) in [5, 5.41) is 22.8. The van der Waals surface area contributed by atoms with Gasteiger partial charge in [0.15, 0.2) is 0 Å². The largest absolute Gasteiger partial charge is 0.355 e. The first-order chi connectivity index (χ1) is 18.3. The zero-order valence-electron chi connectivity index (χ0n) is 19.4. The Morgan fingerprint density at radius 3 is 1.79 bits per heavy atom. The van der Waals surface area contributed by atoms with Gasteiger partial charge in [-0.1, -0.05) is 0 Å². The predicted molar refractivity (Wildman–Crippen MR) is 142 cm³/mol. The summed E-state index contributed by atoms with van der Waals surface area (Å²) in [6.45, 7) is 0. The molecular formula is C27H16N6O5. The summed E-state index contributed by atoms with van der Waals surface area (Å²) in [7, 11) is 0. The Balaban J connectivity index is 1.60. The van der Waals surface area contributed by atoms with Crippen molar-refractivity contribution in [2.24, 2.45) is 0 Å². The van der Waals surface area contributed by atoms with Gasteiger partial charge in [0, 0.05) is 28.2 Å². The lowest BCUT2D eigenvalue weighted by Gasteiger charge is -2.02. The van der Waals surface area contributed by atoms with Gasteiger partial charge in [-0.15, -0.1) is 0 Å². The maximum atomic E-state index is 13.6. The number of ketones is 1. The molecule has 38 heavy (non-hydrogen) atoms. The van der Waals surface area contributed by atoms with E-state index in [1.54, 1.807) is 24.3 Å². The molecular weight excluding hydrogens is 488 g/mol. The number of carbonyl (C=O) groups is 1. The molecule has 0 atom stereocenters. The van der Waals surface area contributed by atoms with E-state index in [2.05, 4.69) is 19.9 Å². The Morgan fingerprint density at radius 1 is 0.632 bits per heavy atom. The van der Waals surface area contributed by atoms with Gasteiger partial charge in [-0.25, -0.2) is 9.97 Å². The van der Waals surface area contributed by atoms with Crippen LogP contribution in [0.5, 0.6) is 0 Å². The van der Waals surface area contributed by atoms with Crippen molar-refractivity contribution in [1.82, 2.24) is 19.9 Å². The predicted octanol–water partition coefficient (Wildman–Crippen LogP) is 5.70. The molecule has 0 aliphatic carbocycles. The molecule has 0 spiro atoms. The summed E-state index contributed by atoms with van der Waals surface area (Å²) in [5.41, 5.74) is 4.07. The van der Waals surface area contributed by atoms with Crippen LogP contribution in [0.3, 0.4) is 0 Å². The van der Waals surface area contributed by atoms with E-state index in [0.29, 0.717) is 28.1 Å². The van der Waals surface area contributed by atoms with Crippen molar-refractivity contribution in [2.75, 3.05) is 0 Å². The number of nitrogens with zero attached hydrogens (tertiary/aromatic N) is 4. The fraction of sp³-hybridized carbons (Fsp3) is 0. The number of nitro benzene ring substituents is 2. The van der Waals surface area contributed by atoms with Crippen LogP contribution in [0.1, 0.15) is 38.7 Å². The topological polar surface area (TPSA) is 161 Å². The van der Waals surface area contributed by atoms with Crippen LogP contribution in [-0.4, -0.2) is 35.6 Å². The molecule has 2 aliphatic rings. The first kappa shape index (κ1) is 22.7. The van der Waals surface area contributed by atoms with Gasteiger partial charge >= 0.3 is 0 Å². The Hall–Kier alpha value is -5.71. The van der Waals surface area contributed by atoms with Crippen molar-refractivity contribution in [2.45, 2.75) is 0 Å². The highest BCUT2D eigenvalue weighted by molar-refractivity contribution is 6.16. The quantitative estimate of drug-likeness (QED) is 0.177. The average Bonchev–Trinajstić information content (AvgIpc) is 3.68. The fourth-order valence-electron chi connectivity index (χ4n) is 4.33. The second-order valence-electron chi connectivity index (χ2n) is 8.63. The van der Waals surface area contributed by atoms with E-state index in [1.807, 2.05) is 42.5 Å². The van der Waals surface area contributed by atoms with Crippen molar-refractivity contribution in [3.8, 4) is 0 Å². The minimum Gasteiger partial charge on any atom is -0.355 e. The van der Waals surface area contributed by atoms with Gasteiger partial charge in [-0.05, 0) is 72.8 Å². The number of benzene rings is 1. The molecule has 3 aromatic heterocycles. The van der Waals surface area contributed by atoms with Gasteiger partial charge in [0.25, 0.3) is 11.4 Å². The van der Waals surface area contributed by atoms with Crippen LogP contribution in [-0.2, 0) is 0 Å². The Labute approximate surface area is 213 Å². The van der Waals surface area contributed by atoms with Gasteiger partial charge < -0.3 is 9.97 Å². The maximum Gasteiger partial charge on any atom is 0.287 e. The van der Waals surface area contributed by atoms with Crippen LogP contribution in [0, 0.1) is 20.2 Å². The standard InChI is InChI=1S/C27H16N6O5/c34-27(23-8-7-22(32(35)36)14-26(23)33(37)38)24-12-21-11-19-4-3-17(29-19)9-15-1-2-16(28-15)10-18-5-6-20(30-18)13-25(24)31-21/h1-14,28,31H. The molecule has 4 aromatic rings. The molecule has 2 aliphatic heterocycles. The number of H-pyrrole nitrogens is 2. The third-order valence-electron chi connectivity index (χ3n) is 6.05. The number of nitro groups is 2. The summed E-state index contributed by atoms with van der Waals surface area (Å²) in [4.78, 5) is 50.5. The van der Waals surface area contributed by atoms with Crippen LogP contribution in [0.4, 0.5) is 11.4 Å². The van der Waals surface area contributed by atoms with Crippen LogP contribution < -0.4 is 0 Å². The number of fused-ring (bicyclic) bond motifs is 8. The lowest BCUT2D eigenvalue weighted by molar-refractivity contribution is -0.394. The fourth-order valence-corrected chi connectivity index (χ4v) is 4.33. The van der Waals surface area contributed by atoms with E-state index < -0.39 is 27.0 Å². The van der Waals surface area contributed by atoms with E-state index in [0.717, 1.165) is 34.9 Å². The Bertz CT molecular complexity index is 1910. The third-order valence-corrected chi connectivity index (χ3v) is 6.05. The summed E-state index contributed by atoms with van der Waals surface area (Å²) in [6.07, 6.45) is 7.31. The second kappa shape index (κ2) is 8.75. The molecule has 0 fully saturated rings. The Kier molecular flexibility index (Phi) is 5.23. The number of hydrogen-bond acceptors (Lipinski definition) is 7. The van der Waals surface area contributed by atoms with Crippen LogP contribution in [0.15, 0.2) is 60.7 Å². The average molecular weight is 504 g/mol. The normalized spacial score (nSPS) is 12.0. The molecule has 6 rings (SSSR count). The lowest BCUT2D eigenvalue weighted by atomic mass is 10.0. The highest BCUT2D eigenvalue weighted by atomic mass is 16.6. The molecule has 0 radical (unpaired) electrons. The number of aromatic nitrogens is 4. The monoisotopic (exact) mass is 504 g/mol. The van der Waals surface area contributed by atoms with Crippen LogP contribution in [0.2, 0.25) is 0 Å². The van der Waals surface area contributed by atoms with Crippen molar-refractivity contribution in [1.29, 1.82) is 0 Å². The van der Waals surface area contributed by atoms with Gasteiger partial charge in [0.05, 0.1) is 44.2 Å². The summed E-state index contributed by atoms with van der Waals surface area (Å²) in [6, 6.07) is 15.6. The highest BCUT2D eigenvalue weighted by Crippen LogP contribution is 2.29. The molecule has 2 N–H and O–H groups in total. The number of aromatic amines is 2. The number of rotatable bonds is 4. The zero-order valence-corrected chi connectivity index (χ0v) is 19.4. The van der Waals surface area contributed by atoms with Crippen LogP contribution in [0.25, 0.3) is 46.4 Å². The maximum absolute atomic E-state index is 13.6. The lowest BCUT2D eigenvalue weighted by Crippen LogP contribution is -2.06. The molecule has 0 unspecified atom stereocenters. The number of nitrogens with one attached hydrogen (secondary N) is 2. The van der Waals surface area contributed by atoms with Crippen LogP contribution >= 0.6 is 0 Å². The number of carbonyl (C=O) groups excluding carboxylic acids is 1. The van der Waals surface area contributed by atoms with Crippen molar-refractivity contribution in [3.05, 3.63) is 115 Å². The molecule has 0 saturated carbocycles. The molecule has 1 aromatic carbocycles. The smallest absolute Gasteiger partial charge is 0.287 e. The molecule has 8 bridgehead atoms. The molecule has 11 heteroatoms. The van der Waals surface area contributed by atoms with E-state index in [1.165, 1.54) is 0 Å². The van der Waals surface area contributed by atoms with E-state index in [9.17, 15) is 25.0 Å². The van der Waals surface area contributed by atoms with Crippen molar-refractivity contribution >= 4 is 63.5 Å². The SMILES string of the molecule is O=C(c1ccc([N+](=O)[O-])cc1[N+](=O)[O-])c1cc2cc3nc(cc4ccc(cc5nc(cc1[nH]2)C=C5)[nH]4)C=C3. The molecule has 5 heterocycles. The summed E-state index contributed by atoms with van der Waals surface area (Å²) < 4.78 is 0. The summed E-state index contributed by atoms with van der Waals surface area (Å²) >= 11 is 0. The van der Waals surface area contributed by atoms with E-state index in [-0.39, 0.29) is 11.1 Å². The Morgan fingerprint density at radius 2 is 1.21 bits per heavy atom. The second-order valence-corrected chi connectivity index (χ2v) is 8.63. The zero-order chi connectivity index (χ0) is 26.4. The van der Waals surface area contributed by atoms with Gasteiger partial charge in [0.2, 0.25) is 5.78 Å². The molecule has 0 saturated heterocycles. The minimum atomic E-state index is -0.802. The summed E-state index contributed by atoms with van der Waals surface area (Å²) in [5.74, 6) is -0.659. The van der Waals surface area contributed by atoms with Crippen molar-refractivity contribution < 1.29 is 14.6 Å². The third kappa shape index (κ3) is 4.24. The van der Waals surface area contributed by atoms with Crippen molar-refractivity contribution in [3.63, 3.8) is 0 Å². The molecule has 11 nitrogen and oxygen atoms in total. The molecule has 0 amide bonds. The van der Waals surface area contributed by atoms with E-state index in [4.69, 9.17) is 0 Å². The first-order valence-electron chi connectivity index (χ1n) is 11.4. The van der Waals surface area contributed by atoms with Gasteiger partial charge in [-0.3, -0.25) is 25.0 Å². The van der Waals surface area contributed by atoms with Gasteiger partial charge in [0.1, 0.15) is 5.56 Å². The minimum absolute atomic E-state index is 0.151. The highest BCUT2D eigenvalue weighted by Gasteiger charge is 2.26.